The van der Waals surface area contributed by atoms with Crippen LogP contribution in [0, 0.1) is 0 Å². The molecule has 2 aromatic rings. The van der Waals surface area contributed by atoms with Crippen molar-refractivity contribution in [2.45, 2.75) is 50.5 Å². The zero-order valence-electron chi connectivity index (χ0n) is 15.4. The second kappa shape index (κ2) is 6.97. The number of carbonyl (C=O) groups excluding carboxylic acids is 2. The topological polar surface area (TPSA) is 118 Å². The average Bonchev–Trinajstić information content (AvgIpc) is 3.30. The maximum absolute atomic E-state index is 12.5. The number of hydrogen-bond acceptors (Lipinski definition) is 6. The van der Waals surface area contributed by atoms with Crippen LogP contribution < -0.4 is 10.0 Å². The summed E-state index contributed by atoms with van der Waals surface area (Å²) >= 11 is 0. The Labute approximate surface area is 162 Å². The Balaban J connectivity index is 1.59. The SMILES string of the molecule is CC(=O)c1cnnc(S(=O)(=O)NC(=O)Nc2c3c(cc4c2CCC4)CCC3)c1. The van der Waals surface area contributed by atoms with E-state index < -0.39 is 21.1 Å². The summed E-state index contributed by atoms with van der Waals surface area (Å²) in [6.45, 7) is 1.30. The van der Waals surface area contributed by atoms with Gasteiger partial charge in [-0.1, -0.05) is 6.07 Å². The smallest absolute Gasteiger partial charge is 0.307 e. The molecular weight excluding hydrogens is 380 g/mol. The van der Waals surface area contributed by atoms with Crippen LogP contribution >= 0.6 is 0 Å². The highest BCUT2D eigenvalue weighted by Gasteiger charge is 2.27. The molecule has 0 spiro atoms. The normalized spacial score (nSPS) is 15.0. The van der Waals surface area contributed by atoms with E-state index in [1.165, 1.54) is 24.2 Å². The number of benzene rings is 1. The van der Waals surface area contributed by atoms with Crippen LogP contribution in [0.1, 0.15) is 52.4 Å². The Bertz CT molecular complexity index is 1060. The molecule has 2 amide bonds. The number of hydrogen-bond donors (Lipinski definition) is 2. The number of ketones is 1. The van der Waals surface area contributed by atoms with Gasteiger partial charge >= 0.3 is 6.03 Å². The van der Waals surface area contributed by atoms with Crippen molar-refractivity contribution < 1.29 is 18.0 Å². The van der Waals surface area contributed by atoms with Gasteiger partial charge in [-0.15, -0.1) is 5.10 Å². The molecule has 8 nitrogen and oxygen atoms in total. The molecule has 0 atom stereocenters. The van der Waals surface area contributed by atoms with Crippen molar-refractivity contribution in [1.82, 2.24) is 14.9 Å². The number of aryl methyl sites for hydroxylation is 2. The Morgan fingerprint density at radius 3 is 2.25 bits per heavy atom. The fourth-order valence-corrected chi connectivity index (χ4v) is 4.79. The molecule has 0 aliphatic heterocycles. The third-order valence-electron chi connectivity index (χ3n) is 5.25. The van der Waals surface area contributed by atoms with Crippen molar-refractivity contribution in [1.29, 1.82) is 0 Å². The number of Topliss-reactive ketones (excluding diaryl/α,β-unsaturated/α-hetero) is 1. The molecule has 28 heavy (non-hydrogen) atoms. The molecule has 9 heteroatoms. The maximum atomic E-state index is 12.5. The highest BCUT2D eigenvalue weighted by atomic mass is 32.2. The summed E-state index contributed by atoms with van der Waals surface area (Å²) in [7, 11) is -4.25. The fraction of sp³-hybridized carbons (Fsp3) is 0.368. The monoisotopic (exact) mass is 400 g/mol. The average molecular weight is 400 g/mol. The molecule has 0 radical (unpaired) electrons. The summed E-state index contributed by atoms with van der Waals surface area (Å²) in [4.78, 5) is 23.9. The number of sulfonamides is 1. The third kappa shape index (κ3) is 3.37. The third-order valence-corrected chi connectivity index (χ3v) is 6.46. The van der Waals surface area contributed by atoms with E-state index in [9.17, 15) is 18.0 Å². The summed E-state index contributed by atoms with van der Waals surface area (Å²) < 4.78 is 27.0. The van der Waals surface area contributed by atoms with E-state index in [0.29, 0.717) is 0 Å². The van der Waals surface area contributed by atoms with Crippen LogP contribution in [0.15, 0.2) is 23.4 Å². The van der Waals surface area contributed by atoms with Gasteiger partial charge in [0, 0.05) is 11.3 Å². The zero-order valence-corrected chi connectivity index (χ0v) is 16.2. The predicted octanol–water partition coefficient (Wildman–Crippen LogP) is 2.17. The molecule has 1 aromatic heterocycles. The Hall–Kier alpha value is -2.81. The first-order chi connectivity index (χ1) is 13.3. The van der Waals surface area contributed by atoms with Crippen LogP contribution in [0.5, 0.6) is 0 Å². The van der Waals surface area contributed by atoms with E-state index in [1.807, 2.05) is 4.72 Å². The molecule has 2 N–H and O–H groups in total. The molecule has 0 unspecified atom stereocenters. The zero-order chi connectivity index (χ0) is 19.9. The van der Waals surface area contributed by atoms with Gasteiger partial charge in [-0.2, -0.15) is 13.5 Å². The lowest BCUT2D eigenvalue weighted by molar-refractivity contribution is 0.101. The summed E-state index contributed by atoms with van der Waals surface area (Å²) in [6, 6.07) is 2.49. The fourth-order valence-electron chi connectivity index (χ4n) is 3.95. The number of nitrogens with one attached hydrogen (secondary N) is 2. The first kappa shape index (κ1) is 18.5. The van der Waals surface area contributed by atoms with Crippen molar-refractivity contribution in [3.8, 4) is 0 Å². The minimum Gasteiger partial charge on any atom is -0.307 e. The van der Waals surface area contributed by atoms with Gasteiger partial charge in [0.2, 0.25) is 0 Å². The number of amides is 2. The predicted molar refractivity (Wildman–Crippen MR) is 102 cm³/mol. The van der Waals surface area contributed by atoms with E-state index in [4.69, 9.17) is 0 Å². The summed E-state index contributed by atoms with van der Waals surface area (Å²) in [6.07, 6.45) is 6.93. The lowest BCUT2D eigenvalue weighted by Gasteiger charge is -2.16. The van der Waals surface area contributed by atoms with Gasteiger partial charge in [-0.25, -0.2) is 9.52 Å². The first-order valence-electron chi connectivity index (χ1n) is 9.19. The Morgan fingerprint density at radius 1 is 1.00 bits per heavy atom. The van der Waals surface area contributed by atoms with Crippen LogP contribution in [-0.2, 0) is 35.7 Å². The number of nitrogens with zero attached hydrogens (tertiary/aromatic N) is 2. The molecule has 1 aromatic carbocycles. The van der Waals surface area contributed by atoms with Crippen molar-refractivity contribution >= 4 is 27.5 Å². The van der Waals surface area contributed by atoms with Crippen LogP contribution in [-0.4, -0.2) is 30.4 Å². The molecular formula is C19H20N4O4S. The van der Waals surface area contributed by atoms with Crippen LogP contribution in [0.25, 0.3) is 0 Å². The summed E-state index contributed by atoms with van der Waals surface area (Å²) in [5, 5.41) is 9.36. The molecule has 4 rings (SSSR count). The summed E-state index contributed by atoms with van der Waals surface area (Å²) in [5.74, 6) is -0.341. The molecule has 0 bridgehead atoms. The maximum Gasteiger partial charge on any atom is 0.333 e. The number of carbonyl (C=O) groups is 2. The van der Waals surface area contributed by atoms with E-state index in [0.717, 1.165) is 61.4 Å². The molecule has 1 heterocycles. The van der Waals surface area contributed by atoms with Gasteiger partial charge in [-0.05, 0) is 73.8 Å². The minimum atomic E-state index is -4.25. The molecule has 0 fully saturated rings. The van der Waals surface area contributed by atoms with Crippen molar-refractivity contribution in [3.05, 3.63) is 46.1 Å². The molecule has 2 aliphatic carbocycles. The number of rotatable bonds is 4. The lowest BCUT2D eigenvalue weighted by atomic mass is 9.99. The first-order valence-corrected chi connectivity index (χ1v) is 10.7. The van der Waals surface area contributed by atoms with Gasteiger partial charge in [0.25, 0.3) is 10.0 Å². The second-order valence-corrected chi connectivity index (χ2v) is 8.76. The number of aromatic nitrogens is 2. The van der Waals surface area contributed by atoms with E-state index in [2.05, 4.69) is 21.6 Å². The Morgan fingerprint density at radius 2 is 1.64 bits per heavy atom. The van der Waals surface area contributed by atoms with E-state index in [-0.39, 0.29) is 11.3 Å². The molecule has 146 valence electrons. The van der Waals surface area contributed by atoms with Gasteiger partial charge in [0.1, 0.15) is 0 Å². The second-order valence-electron chi connectivity index (χ2n) is 7.13. The van der Waals surface area contributed by atoms with Crippen LogP contribution in [0.3, 0.4) is 0 Å². The molecule has 2 aliphatic rings. The quantitative estimate of drug-likeness (QED) is 0.760. The molecule has 0 saturated carbocycles. The summed E-state index contributed by atoms with van der Waals surface area (Å²) in [5.41, 5.74) is 5.53. The Kier molecular flexibility index (Phi) is 4.62. The lowest BCUT2D eigenvalue weighted by Crippen LogP contribution is -2.35. The van der Waals surface area contributed by atoms with Crippen molar-refractivity contribution in [2.24, 2.45) is 0 Å². The van der Waals surface area contributed by atoms with Gasteiger partial charge in [-0.3, -0.25) is 4.79 Å². The van der Waals surface area contributed by atoms with Gasteiger partial charge in [0.05, 0.1) is 6.20 Å². The van der Waals surface area contributed by atoms with E-state index in [1.54, 1.807) is 0 Å². The van der Waals surface area contributed by atoms with Crippen LogP contribution in [0.2, 0.25) is 0 Å². The van der Waals surface area contributed by atoms with Crippen LogP contribution in [0.4, 0.5) is 10.5 Å². The highest BCUT2D eigenvalue weighted by Crippen LogP contribution is 2.38. The number of anilines is 1. The van der Waals surface area contributed by atoms with Gasteiger partial charge in [0.15, 0.2) is 10.8 Å². The van der Waals surface area contributed by atoms with Gasteiger partial charge < -0.3 is 5.32 Å². The van der Waals surface area contributed by atoms with E-state index >= 15 is 0 Å². The number of urea groups is 1. The number of fused-ring (bicyclic) bond motifs is 2. The van der Waals surface area contributed by atoms with Crippen molar-refractivity contribution in [3.63, 3.8) is 0 Å². The standard InChI is InChI=1S/C19H20N4O4S/c1-11(24)14-9-17(22-20-10-14)28(26,27)23-19(25)21-18-15-6-2-4-12(15)8-13-5-3-7-16(13)18/h8-10H,2-7H2,1H3,(H2,21,23,25). The minimum absolute atomic E-state index is 0.106. The van der Waals surface area contributed by atoms with Crippen molar-refractivity contribution in [2.75, 3.05) is 5.32 Å². The molecule has 0 saturated heterocycles. The largest absolute Gasteiger partial charge is 0.333 e. The highest BCUT2D eigenvalue weighted by molar-refractivity contribution is 7.90.